The molecule has 0 spiro atoms. The Morgan fingerprint density at radius 1 is 1.26 bits per heavy atom. The van der Waals surface area contributed by atoms with E-state index < -0.39 is 0 Å². The highest BCUT2D eigenvalue weighted by Gasteiger charge is 2.21. The molecule has 2 heterocycles. The highest BCUT2D eigenvalue weighted by molar-refractivity contribution is 5.46. The van der Waals surface area contributed by atoms with Crippen molar-refractivity contribution in [2.75, 3.05) is 13.2 Å². The molecule has 1 aliphatic rings. The summed E-state index contributed by atoms with van der Waals surface area (Å²) < 4.78 is 11.1. The second-order valence-corrected chi connectivity index (χ2v) is 4.55. The first-order chi connectivity index (χ1) is 9.30. The van der Waals surface area contributed by atoms with Gasteiger partial charge in [-0.25, -0.2) is 0 Å². The number of hydrogen-bond donors (Lipinski definition) is 0. The first-order valence-corrected chi connectivity index (χ1v) is 6.83. The molecule has 102 valence electrons. The van der Waals surface area contributed by atoms with E-state index in [2.05, 4.69) is 16.3 Å². The Labute approximate surface area is 113 Å². The molecule has 5 heteroatoms. The summed E-state index contributed by atoms with van der Waals surface area (Å²) in [6.07, 6.45) is 3.30. The second-order valence-electron chi connectivity index (χ2n) is 4.55. The van der Waals surface area contributed by atoms with Gasteiger partial charge < -0.3 is 9.47 Å². The molecule has 0 saturated carbocycles. The Bertz CT molecular complexity index is 476. The molecule has 2 rings (SSSR count). The van der Waals surface area contributed by atoms with Crippen LogP contribution in [0.5, 0.6) is 5.88 Å². The van der Waals surface area contributed by atoms with Gasteiger partial charge in [0.1, 0.15) is 17.7 Å². The highest BCUT2D eigenvalue weighted by Crippen LogP contribution is 2.24. The SMILES string of the molecule is CCc1nnc(OC2CCOCC2)c(C#N)c1CC. The van der Waals surface area contributed by atoms with E-state index in [0.717, 1.165) is 36.9 Å². The first-order valence-electron chi connectivity index (χ1n) is 6.83. The van der Waals surface area contributed by atoms with Gasteiger partial charge in [0.15, 0.2) is 0 Å². The summed E-state index contributed by atoms with van der Waals surface area (Å²) in [5.41, 5.74) is 2.39. The zero-order valence-electron chi connectivity index (χ0n) is 11.5. The lowest BCUT2D eigenvalue weighted by Crippen LogP contribution is -2.27. The van der Waals surface area contributed by atoms with Crippen molar-refractivity contribution in [2.45, 2.75) is 45.6 Å². The Balaban J connectivity index is 2.27. The molecule has 1 saturated heterocycles. The van der Waals surface area contributed by atoms with Crippen LogP contribution in [0.1, 0.15) is 43.5 Å². The minimum Gasteiger partial charge on any atom is -0.472 e. The minimum absolute atomic E-state index is 0.0762. The zero-order valence-corrected chi connectivity index (χ0v) is 11.5. The minimum atomic E-state index is 0.0762. The summed E-state index contributed by atoms with van der Waals surface area (Å²) in [7, 11) is 0. The van der Waals surface area contributed by atoms with Crippen molar-refractivity contribution >= 4 is 0 Å². The maximum Gasteiger partial charge on any atom is 0.252 e. The van der Waals surface area contributed by atoms with Crippen LogP contribution in [0, 0.1) is 11.3 Å². The van der Waals surface area contributed by atoms with Crippen molar-refractivity contribution in [1.29, 1.82) is 5.26 Å². The summed E-state index contributed by atoms with van der Waals surface area (Å²) in [6, 6.07) is 2.22. The summed E-state index contributed by atoms with van der Waals surface area (Å²) in [6.45, 7) is 5.44. The molecule has 0 bridgehead atoms. The molecule has 1 aromatic heterocycles. The predicted octanol–water partition coefficient (Wildman–Crippen LogP) is 2.03. The van der Waals surface area contributed by atoms with Crippen LogP contribution < -0.4 is 4.74 Å². The molecule has 0 atom stereocenters. The van der Waals surface area contributed by atoms with Crippen LogP contribution in [-0.2, 0) is 17.6 Å². The lowest BCUT2D eigenvalue weighted by atomic mass is 10.0. The molecule has 1 aliphatic heterocycles. The Hall–Kier alpha value is -1.67. The molecule has 0 radical (unpaired) electrons. The maximum absolute atomic E-state index is 9.36. The third-order valence-corrected chi connectivity index (χ3v) is 3.37. The highest BCUT2D eigenvalue weighted by atomic mass is 16.5. The van der Waals surface area contributed by atoms with Crippen LogP contribution in [0.2, 0.25) is 0 Å². The number of rotatable bonds is 4. The van der Waals surface area contributed by atoms with E-state index in [0.29, 0.717) is 24.7 Å². The predicted molar refractivity (Wildman–Crippen MR) is 70.0 cm³/mol. The van der Waals surface area contributed by atoms with Gasteiger partial charge in [-0.2, -0.15) is 10.4 Å². The van der Waals surface area contributed by atoms with Gasteiger partial charge in [-0.3, -0.25) is 0 Å². The van der Waals surface area contributed by atoms with Gasteiger partial charge in [0.25, 0.3) is 5.88 Å². The standard InChI is InChI=1S/C14H19N3O2/c1-3-11-12(9-15)14(17-16-13(11)4-2)19-10-5-7-18-8-6-10/h10H,3-8H2,1-2H3. The molecule has 0 aromatic carbocycles. The molecule has 5 nitrogen and oxygen atoms in total. The number of ether oxygens (including phenoxy) is 2. The van der Waals surface area contributed by atoms with Crippen molar-refractivity contribution in [3.05, 3.63) is 16.8 Å². The maximum atomic E-state index is 9.36. The third kappa shape index (κ3) is 3.02. The van der Waals surface area contributed by atoms with Crippen LogP contribution in [-0.4, -0.2) is 29.5 Å². The van der Waals surface area contributed by atoms with Crippen LogP contribution in [0.4, 0.5) is 0 Å². The average molecular weight is 261 g/mol. The van der Waals surface area contributed by atoms with Crippen molar-refractivity contribution in [1.82, 2.24) is 10.2 Å². The Kier molecular flexibility index (Phi) is 4.69. The zero-order chi connectivity index (χ0) is 13.7. The molecule has 0 aliphatic carbocycles. The summed E-state index contributed by atoms with van der Waals surface area (Å²) in [5, 5.41) is 17.6. The number of nitrogens with zero attached hydrogens (tertiary/aromatic N) is 3. The number of aromatic nitrogens is 2. The van der Waals surface area contributed by atoms with Gasteiger partial charge in [0.05, 0.1) is 18.9 Å². The summed E-state index contributed by atoms with van der Waals surface area (Å²) >= 11 is 0. The van der Waals surface area contributed by atoms with Gasteiger partial charge in [-0.15, -0.1) is 5.10 Å². The van der Waals surface area contributed by atoms with Gasteiger partial charge >= 0.3 is 0 Å². The Morgan fingerprint density at radius 3 is 2.58 bits per heavy atom. The molecule has 1 aromatic rings. The molecular formula is C14H19N3O2. The lowest BCUT2D eigenvalue weighted by molar-refractivity contribution is 0.0231. The van der Waals surface area contributed by atoms with Crippen LogP contribution in [0.3, 0.4) is 0 Å². The van der Waals surface area contributed by atoms with Crippen molar-refractivity contribution < 1.29 is 9.47 Å². The van der Waals surface area contributed by atoms with Crippen LogP contribution in [0.15, 0.2) is 0 Å². The number of aryl methyl sites for hydroxylation is 1. The molecule has 0 amide bonds. The lowest BCUT2D eigenvalue weighted by Gasteiger charge is -2.23. The molecule has 0 unspecified atom stereocenters. The van der Waals surface area contributed by atoms with E-state index in [4.69, 9.17) is 9.47 Å². The summed E-state index contributed by atoms with van der Waals surface area (Å²) in [4.78, 5) is 0. The first kappa shape index (κ1) is 13.8. The molecule has 19 heavy (non-hydrogen) atoms. The van der Waals surface area contributed by atoms with E-state index in [9.17, 15) is 5.26 Å². The van der Waals surface area contributed by atoms with E-state index in [-0.39, 0.29) is 6.10 Å². The normalized spacial score (nSPS) is 16.1. The number of nitriles is 1. The van der Waals surface area contributed by atoms with Crippen LogP contribution >= 0.6 is 0 Å². The quantitative estimate of drug-likeness (QED) is 0.829. The van der Waals surface area contributed by atoms with E-state index in [1.807, 2.05) is 13.8 Å². The van der Waals surface area contributed by atoms with E-state index in [1.165, 1.54) is 0 Å². The average Bonchev–Trinajstić information content (AvgIpc) is 2.47. The molecular weight excluding hydrogens is 242 g/mol. The topological polar surface area (TPSA) is 68.0 Å². The van der Waals surface area contributed by atoms with Gasteiger partial charge in [-0.05, 0) is 18.4 Å². The van der Waals surface area contributed by atoms with Crippen molar-refractivity contribution in [2.24, 2.45) is 0 Å². The van der Waals surface area contributed by atoms with Gasteiger partial charge in [0, 0.05) is 12.8 Å². The molecule has 0 N–H and O–H groups in total. The fourth-order valence-electron chi connectivity index (χ4n) is 2.30. The monoisotopic (exact) mass is 261 g/mol. The van der Waals surface area contributed by atoms with Gasteiger partial charge in [-0.1, -0.05) is 13.8 Å². The van der Waals surface area contributed by atoms with E-state index >= 15 is 0 Å². The Morgan fingerprint density at radius 2 is 2.00 bits per heavy atom. The smallest absolute Gasteiger partial charge is 0.252 e. The fourth-order valence-corrected chi connectivity index (χ4v) is 2.30. The molecule has 1 fully saturated rings. The fraction of sp³-hybridized carbons (Fsp3) is 0.643. The summed E-state index contributed by atoms with van der Waals surface area (Å²) in [5.74, 6) is 0.378. The van der Waals surface area contributed by atoms with Gasteiger partial charge in [0.2, 0.25) is 0 Å². The van der Waals surface area contributed by atoms with Crippen LogP contribution in [0.25, 0.3) is 0 Å². The van der Waals surface area contributed by atoms with E-state index in [1.54, 1.807) is 0 Å². The van der Waals surface area contributed by atoms with Crippen molar-refractivity contribution in [3.8, 4) is 11.9 Å². The third-order valence-electron chi connectivity index (χ3n) is 3.37. The largest absolute Gasteiger partial charge is 0.472 e. The number of hydrogen-bond acceptors (Lipinski definition) is 5. The van der Waals surface area contributed by atoms with Crippen molar-refractivity contribution in [3.63, 3.8) is 0 Å². The second kappa shape index (κ2) is 6.48.